The van der Waals surface area contributed by atoms with Gasteiger partial charge in [-0.2, -0.15) is 18.2 Å². The van der Waals surface area contributed by atoms with Crippen molar-refractivity contribution < 1.29 is 28.0 Å². The molecule has 0 spiro atoms. The van der Waals surface area contributed by atoms with Crippen LogP contribution in [0, 0.1) is 0 Å². The summed E-state index contributed by atoms with van der Waals surface area (Å²) in [7, 11) is 0. The van der Waals surface area contributed by atoms with Crippen molar-refractivity contribution in [1.82, 2.24) is 9.96 Å². The summed E-state index contributed by atoms with van der Waals surface area (Å²) in [5, 5.41) is 14.7. The van der Waals surface area contributed by atoms with E-state index in [1.807, 2.05) is 0 Å². The average molecular weight is 567 g/mol. The van der Waals surface area contributed by atoms with Crippen LogP contribution in [0.1, 0.15) is 25.0 Å². The first kappa shape index (κ1) is 27.6. The molecule has 1 aliphatic heterocycles. The number of nitrogens with zero attached hydrogens (tertiary/aromatic N) is 3. The Hall–Kier alpha value is -3.47. The molecule has 1 unspecified atom stereocenters. The Morgan fingerprint density at radius 1 is 1.03 bits per heavy atom. The topological polar surface area (TPSA) is 76.1 Å². The highest BCUT2D eigenvalue weighted by Crippen LogP contribution is 2.40. The van der Waals surface area contributed by atoms with Gasteiger partial charge in [-0.05, 0) is 67.9 Å². The molecule has 4 amide bonds. The van der Waals surface area contributed by atoms with Crippen LogP contribution in [0.5, 0.6) is 0 Å². The van der Waals surface area contributed by atoms with Crippen molar-refractivity contribution in [2.24, 2.45) is 0 Å². The minimum atomic E-state index is -4.56. The number of halogens is 5. The van der Waals surface area contributed by atoms with Crippen molar-refractivity contribution >= 4 is 46.6 Å². The van der Waals surface area contributed by atoms with Gasteiger partial charge in [0.25, 0.3) is 0 Å². The number of carbonyl (C=O) groups is 2. The number of anilines is 2. The third kappa shape index (κ3) is 5.52. The molecular weight excluding hydrogens is 544 g/mol. The van der Waals surface area contributed by atoms with Gasteiger partial charge in [0.15, 0.2) is 6.17 Å². The molecular formula is C26H23Cl2F3N4O3. The largest absolute Gasteiger partial charge is 0.416 e. The van der Waals surface area contributed by atoms with Crippen LogP contribution in [-0.4, -0.2) is 38.9 Å². The minimum Gasteiger partial charge on any atom is -0.311 e. The van der Waals surface area contributed by atoms with Crippen LogP contribution in [0.4, 0.5) is 34.1 Å². The predicted octanol–water partition coefficient (Wildman–Crippen LogP) is 7.48. The number of nitrogens with one attached hydrogen (secondary N) is 1. The van der Waals surface area contributed by atoms with Crippen molar-refractivity contribution in [2.45, 2.75) is 38.3 Å². The molecule has 1 fully saturated rings. The molecule has 200 valence electrons. The van der Waals surface area contributed by atoms with Gasteiger partial charge in [0.1, 0.15) is 0 Å². The molecule has 0 aromatic heterocycles. The summed E-state index contributed by atoms with van der Waals surface area (Å²) in [6.07, 6.45) is -5.85. The molecule has 0 bridgehead atoms. The highest BCUT2D eigenvalue weighted by atomic mass is 35.5. The molecule has 3 aromatic rings. The van der Waals surface area contributed by atoms with Gasteiger partial charge < -0.3 is 10.2 Å². The van der Waals surface area contributed by atoms with Crippen molar-refractivity contribution in [2.75, 3.05) is 10.2 Å². The van der Waals surface area contributed by atoms with Crippen LogP contribution >= 0.6 is 23.2 Å². The maximum Gasteiger partial charge on any atom is 0.416 e. The van der Waals surface area contributed by atoms with Gasteiger partial charge in [0, 0.05) is 28.0 Å². The van der Waals surface area contributed by atoms with E-state index in [-0.39, 0.29) is 17.8 Å². The van der Waals surface area contributed by atoms with Crippen LogP contribution < -0.4 is 10.2 Å². The summed E-state index contributed by atoms with van der Waals surface area (Å²) < 4.78 is 39.9. The molecule has 0 radical (unpaired) electrons. The second-order valence-corrected chi connectivity index (χ2v) is 10.1. The van der Waals surface area contributed by atoms with E-state index in [4.69, 9.17) is 23.2 Å². The Morgan fingerprint density at radius 3 is 2.29 bits per heavy atom. The van der Waals surface area contributed by atoms with Gasteiger partial charge in [-0.3, -0.25) is 10.1 Å². The molecule has 38 heavy (non-hydrogen) atoms. The van der Waals surface area contributed by atoms with Gasteiger partial charge in [-0.15, -0.1) is 0 Å². The molecule has 1 heterocycles. The predicted molar refractivity (Wildman–Crippen MR) is 138 cm³/mol. The molecule has 3 aromatic carbocycles. The van der Waals surface area contributed by atoms with Crippen LogP contribution in [0.2, 0.25) is 10.0 Å². The first-order valence-corrected chi connectivity index (χ1v) is 12.1. The fourth-order valence-electron chi connectivity index (χ4n) is 4.38. The Labute approximate surface area is 226 Å². The van der Waals surface area contributed by atoms with Crippen LogP contribution in [0.3, 0.4) is 0 Å². The maximum atomic E-state index is 13.8. The SMILES string of the molecule is CC1(C)C(N(O)C(=O)Nc2cccc(Cl)c2)N(c2cccc(Cl)c2)C(=O)N1Cc1cccc(C(F)(F)F)c1. The normalized spacial score (nSPS) is 17.1. The number of rotatable bonds is 5. The number of amides is 4. The van der Waals surface area contributed by atoms with Crippen LogP contribution in [0.25, 0.3) is 0 Å². The van der Waals surface area contributed by atoms with E-state index >= 15 is 0 Å². The van der Waals surface area contributed by atoms with Crippen molar-refractivity contribution in [3.8, 4) is 0 Å². The zero-order valence-electron chi connectivity index (χ0n) is 20.2. The lowest BCUT2D eigenvalue weighted by molar-refractivity contribution is -0.137. The lowest BCUT2D eigenvalue weighted by Gasteiger charge is -2.38. The van der Waals surface area contributed by atoms with E-state index in [2.05, 4.69) is 5.32 Å². The van der Waals surface area contributed by atoms with Crippen molar-refractivity contribution in [1.29, 1.82) is 0 Å². The van der Waals surface area contributed by atoms with Crippen molar-refractivity contribution in [3.63, 3.8) is 0 Å². The quantitative estimate of drug-likeness (QED) is 0.248. The Kier molecular flexibility index (Phi) is 7.51. The Balaban J connectivity index is 1.72. The number of hydrogen-bond donors (Lipinski definition) is 2. The molecule has 12 heteroatoms. The van der Waals surface area contributed by atoms with Crippen LogP contribution in [0.15, 0.2) is 72.8 Å². The van der Waals surface area contributed by atoms with E-state index in [1.165, 1.54) is 34.1 Å². The lowest BCUT2D eigenvalue weighted by atomic mass is 9.98. The van der Waals surface area contributed by atoms with E-state index in [1.54, 1.807) is 50.2 Å². The third-order valence-corrected chi connectivity index (χ3v) is 6.68. The van der Waals surface area contributed by atoms with E-state index < -0.39 is 35.5 Å². The molecule has 2 N–H and O–H groups in total. The standard InChI is InChI=1S/C26H23Cl2F3N4O3/c1-25(2)22(35(38)23(36)32-20-10-4-8-18(27)13-20)34(21-11-5-9-19(28)14-21)24(37)33(25)15-16-6-3-7-17(12-16)26(29,30)31/h3-14,22,38H,15H2,1-2H3,(H,32,36). The molecule has 1 saturated heterocycles. The number of urea groups is 2. The molecule has 0 saturated carbocycles. The maximum absolute atomic E-state index is 13.8. The summed E-state index contributed by atoms with van der Waals surface area (Å²) >= 11 is 12.1. The van der Waals surface area contributed by atoms with Gasteiger partial charge in [-0.25, -0.2) is 9.59 Å². The molecule has 1 aliphatic rings. The molecule has 4 rings (SSSR count). The molecule has 7 nitrogen and oxygen atoms in total. The fourth-order valence-corrected chi connectivity index (χ4v) is 4.76. The fraction of sp³-hybridized carbons (Fsp3) is 0.231. The molecule has 0 aliphatic carbocycles. The van der Waals surface area contributed by atoms with Gasteiger partial charge in [-0.1, -0.05) is 47.5 Å². The summed E-state index contributed by atoms with van der Waals surface area (Å²) in [6, 6.07) is 15.5. The Morgan fingerprint density at radius 2 is 1.66 bits per heavy atom. The number of carbonyl (C=O) groups excluding carboxylic acids is 2. The highest BCUT2D eigenvalue weighted by Gasteiger charge is 2.56. The van der Waals surface area contributed by atoms with Gasteiger partial charge >= 0.3 is 18.2 Å². The monoisotopic (exact) mass is 566 g/mol. The third-order valence-electron chi connectivity index (χ3n) is 6.21. The summed E-state index contributed by atoms with van der Waals surface area (Å²) in [5.74, 6) is 0. The Bertz CT molecular complexity index is 1370. The smallest absolute Gasteiger partial charge is 0.311 e. The van der Waals surface area contributed by atoms with Gasteiger partial charge in [0.05, 0.1) is 11.1 Å². The first-order valence-electron chi connectivity index (χ1n) is 11.4. The van der Waals surface area contributed by atoms with E-state index in [9.17, 15) is 28.0 Å². The molecule has 1 atom stereocenters. The number of alkyl halides is 3. The summed E-state index contributed by atoms with van der Waals surface area (Å²) in [6.45, 7) is 2.99. The van der Waals surface area contributed by atoms with Gasteiger partial charge in [0.2, 0.25) is 0 Å². The van der Waals surface area contributed by atoms with Crippen molar-refractivity contribution in [3.05, 3.63) is 94.0 Å². The number of benzene rings is 3. The zero-order valence-corrected chi connectivity index (χ0v) is 21.7. The lowest BCUT2D eigenvalue weighted by Crippen LogP contribution is -2.58. The summed E-state index contributed by atoms with van der Waals surface area (Å²) in [5.41, 5.74) is -1.33. The first-order chi connectivity index (χ1) is 17.8. The minimum absolute atomic E-state index is 0.215. The average Bonchev–Trinajstić information content (AvgIpc) is 3.03. The second kappa shape index (κ2) is 10.4. The second-order valence-electron chi connectivity index (χ2n) is 9.23. The number of hydrogen-bond acceptors (Lipinski definition) is 3. The highest BCUT2D eigenvalue weighted by molar-refractivity contribution is 6.31. The van der Waals surface area contributed by atoms with E-state index in [0.717, 1.165) is 12.1 Å². The zero-order chi connectivity index (χ0) is 27.8. The van der Waals surface area contributed by atoms with E-state index in [0.29, 0.717) is 20.8 Å². The van der Waals surface area contributed by atoms with Crippen LogP contribution in [-0.2, 0) is 12.7 Å². The summed E-state index contributed by atoms with van der Waals surface area (Å²) in [4.78, 5) is 29.3. The number of hydroxylamine groups is 2.